The first-order valence-electron chi connectivity index (χ1n) is 10.4. The number of rotatable bonds is 10. The van der Waals surface area contributed by atoms with Crippen LogP contribution in [0, 0.1) is 11.7 Å². The highest BCUT2D eigenvalue weighted by Crippen LogP contribution is 2.33. The third-order valence-corrected chi connectivity index (χ3v) is 5.86. The average Bonchev–Trinajstić information content (AvgIpc) is 3.42. The molecule has 6 heteroatoms. The number of nitrogens with one attached hydrogen (secondary N) is 1. The van der Waals surface area contributed by atoms with Gasteiger partial charge in [-0.2, -0.15) is 0 Å². The SMILES string of the molecule is CCCN(CC1CC1)C(=O)CCC1(Cc2ccc(OC)cc2F)CCC(=O)N1. The quantitative estimate of drug-likeness (QED) is 0.666. The van der Waals surface area contributed by atoms with E-state index in [-0.39, 0.29) is 17.6 Å². The molecule has 2 amide bonds. The van der Waals surface area contributed by atoms with Gasteiger partial charge in [0, 0.05) is 37.5 Å². The first kappa shape index (κ1) is 20.6. The Morgan fingerprint density at radius 1 is 1.39 bits per heavy atom. The Kier molecular flexibility index (Phi) is 6.57. The highest BCUT2D eigenvalue weighted by atomic mass is 19.1. The third-order valence-electron chi connectivity index (χ3n) is 5.86. The molecule has 0 spiro atoms. The fraction of sp³-hybridized carbons (Fsp3) is 0.636. The zero-order valence-corrected chi connectivity index (χ0v) is 16.9. The molecule has 154 valence electrons. The van der Waals surface area contributed by atoms with Crippen LogP contribution in [0.25, 0.3) is 0 Å². The molecule has 5 nitrogen and oxygen atoms in total. The summed E-state index contributed by atoms with van der Waals surface area (Å²) < 4.78 is 19.5. The Morgan fingerprint density at radius 2 is 2.18 bits per heavy atom. The van der Waals surface area contributed by atoms with Gasteiger partial charge in [-0.15, -0.1) is 0 Å². The summed E-state index contributed by atoms with van der Waals surface area (Å²) in [5, 5.41) is 3.04. The molecule has 1 saturated carbocycles. The van der Waals surface area contributed by atoms with Crippen LogP contribution in [0.4, 0.5) is 4.39 Å². The van der Waals surface area contributed by atoms with Gasteiger partial charge in [0.05, 0.1) is 7.11 Å². The predicted octanol–water partition coefficient (Wildman–Crippen LogP) is 3.45. The molecule has 1 atom stereocenters. The number of hydrogen-bond donors (Lipinski definition) is 1. The maximum absolute atomic E-state index is 14.5. The Labute approximate surface area is 166 Å². The van der Waals surface area contributed by atoms with Crippen LogP contribution in [0.5, 0.6) is 5.75 Å². The lowest BCUT2D eigenvalue weighted by Gasteiger charge is -2.31. The van der Waals surface area contributed by atoms with Crippen molar-refractivity contribution in [3.8, 4) is 5.75 Å². The zero-order chi connectivity index (χ0) is 20.1. The Hall–Kier alpha value is -2.11. The van der Waals surface area contributed by atoms with E-state index in [1.54, 1.807) is 12.1 Å². The summed E-state index contributed by atoms with van der Waals surface area (Å²) in [4.78, 5) is 26.7. The van der Waals surface area contributed by atoms with Crippen LogP contribution in [0.15, 0.2) is 18.2 Å². The first-order chi connectivity index (χ1) is 13.4. The van der Waals surface area contributed by atoms with E-state index in [0.717, 1.165) is 19.5 Å². The van der Waals surface area contributed by atoms with Gasteiger partial charge in [-0.05, 0) is 56.1 Å². The monoisotopic (exact) mass is 390 g/mol. The largest absolute Gasteiger partial charge is 0.497 e. The standard InChI is InChI=1S/C22H31FN2O3/c1-3-12-25(15-16-4-5-16)21(27)9-11-22(10-8-20(26)24-22)14-17-6-7-18(28-2)13-19(17)23/h6-7,13,16H,3-5,8-12,14-15H2,1-2H3,(H,24,26). The maximum Gasteiger partial charge on any atom is 0.222 e. The van der Waals surface area contributed by atoms with E-state index >= 15 is 0 Å². The minimum atomic E-state index is -0.556. The predicted molar refractivity (Wildman–Crippen MR) is 106 cm³/mol. The second kappa shape index (κ2) is 8.93. The fourth-order valence-electron chi connectivity index (χ4n) is 4.05. The number of amides is 2. The molecule has 1 aliphatic carbocycles. The van der Waals surface area contributed by atoms with Gasteiger partial charge in [0.25, 0.3) is 0 Å². The van der Waals surface area contributed by atoms with Crippen LogP contribution in [-0.2, 0) is 16.0 Å². The normalized spacial score (nSPS) is 21.5. The van der Waals surface area contributed by atoms with Crippen LogP contribution in [0.2, 0.25) is 0 Å². The summed E-state index contributed by atoms with van der Waals surface area (Å²) in [6.07, 6.45) is 5.72. The van der Waals surface area contributed by atoms with E-state index in [0.29, 0.717) is 49.3 Å². The van der Waals surface area contributed by atoms with E-state index in [2.05, 4.69) is 12.2 Å². The lowest BCUT2D eigenvalue weighted by atomic mass is 9.84. The van der Waals surface area contributed by atoms with Crippen molar-refractivity contribution in [1.82, 2.24) is 10.2 Å². The molecule has 2 fully saturated rings. The van der Waals surface area contributed by atoms with Crippen LogP contribution < -0.4 is 10.1 Å². The van der Waals surface area contributed by atoms with Crippen molar-refractivity contribution in [1.29, 1.82) is 0 Å². The second-order valence-corrected chi connectivity index (χ2v) is 8.25. The van der Waals surface area contributed by atoms with Gasteiger partial charge in [0.1, 0.15) is 11.6 Å². The summed E-state index contributed by atoms with van der Waals surface area (Å²) in [7, 11) is 1.50. The van der Waals surface area contributed by atoms with Crippen molar-refractivity contribution in [3.63, 3.8) is 0 Å². The molecule has 3 rings (SSSR count). The van der Waals surface area contributed by atoms with Gasteiger partial charge in [0.2, 0.25) is 11.8 Å². The Balaban J connectivity index is 1.67. The third kappa shape index (κ3) is 5.24. The Morgan fingerprint density at radius 3 is 2.75 bits per heavy atom. The number of hydrogen-bond acceptors (Lipinski definition) is 3. The second-order valence-electron chi connectivity index (χ2n) is 8.25. The summed E-state index contributed by atoms with van der Waals surface area (Å²) in [6, 6.07) is 4.80. The number of nitrogens with zero attached hydrogens (tertiary/aromatic N) is 1. The molecule has 0 bridgehead atoms. The molecule has 1 aromatic carbocycles. The minimum Gasteiger partial charge on any atom is -0.497 e. The van der Waals surface area contributed by atoms with Gasteiger partial charge in [0.15, 0.2) is 0 Å². The topological polar surface area (TPSA) is 58.6 Å². The van der Waals surface area contributed by atoms with Crippen LogP contribution in [0.3, 0.4) is 0 Å². The molecule has 1 N–H and O–H groups in total. The zero-order valence-electron chi connectivity index (χ0n) is 16.9. The summed E-state index contributed by atoms with van der Waals surface area (Å²) in [6.45, 7) is 3.71. The van der Waals surface area contributed by atoms with Crippen LogP contribution >= 0.6 is 0 Å². The van der Waals surface area contributed by atoms with Gasteiger partial charge in [-0.3, -0.25) is 9.59 Å². The summed E-state index contributed by atoms with van der Waals surface area (Å²) in [5.74, 6) is 0.905. The van der Waals surface area contributed by atoms with Gasteiger partial charge < -0.3 is 15.0 Å². The van der Waals surface area contributed by atoms with Crippen molar-refractivity contribution >= 4 is 11.8 Å². The number of methoxy groups -OCH3 is 1. The maximum atomic E-state index is 14.5. The number of carbonyl (C=O) groups excluding carboxylic acids is 2. The van der Waals surface area contributed by atoms with Crippen molar-refractivity contribution in [2.24, 2.45) is 5.92 Å². The molecule has 1 saturated heterocycles. The number of benzene rings is 1. The molecule has 1 unspecified atom stereocenters. The smallest absolute Gasteiger partial charge is 0.222 e. The van der Waals surface area contributed by atoms with Crippen molar-refractivity contribution < 1.29 is 18.7 Å². The van der Waals surface area contributed by atoms with E-state index in [4.69, 9.17) is 4.74 Å². The number of halogens is 1. The lowest BCUT2D eigenvalue weighted by Crippen LogP contribution is -2.45. The van der Waals surface area contributed by atoms with Crippen LogP contribution in [0.1, 0.15) is 57.4 Å². The molecule has 1 heterocycles. The van der Waals surface area contributed by atoms with Crippen molar-refractivity contribution in [2.45, 2.75) is 63.8 Å². The van der Waals surface area contributed by atoms with E-state index in [9.17, 15) is 14.0 Å². The van der Waals surface area contributed by atoms with Gasteiger partial charge in [-0.25, -0.2) is 4.39 Å². The van der Waals surface area contributed by atoms with Gasteiger partial charge in [-0.1, -0.05) is 13.0 Å². The summed E-state index contributed by atoms with van der Waals surface area (Å²) >= 11 is 0. The lowest BCUT2D eigenvalue weighted by molar-refractivity contribution is -0.132. The molecule has 2 aliphatic rings. The molecule has 1 aromatic rings. The molecular formula is C22H31FN2O3. The molecule has 28 heavy (non-hydrogen) atoms. The molecule has 1 aliphatic heterocycles. The number of carbonyl (C=O) groups is 2. The van der Waals surface area contributed by atoms with E-state index in [1.807, 2.05) is 4.90 Å². The first-order valence-corrected chi connectivity index (χ1v) is 10.4. The van der Waals surface area contributed by atoms with Gasteiger partial charge >= 0.3 is 0 Å². The average molecular weight is 390 g/mol. The van der Waals surface area contributed by atoms with Crippen molar-refractivity contribution in [3.05, 3.63) is 29.6 Å². The van der Waals surface area contributed by atoms with E-state index < -0.39 is 5.54 Å². The summed E-state index contributed by atoms with van der Waals surface area (Å²) in [5.41, 5.74) is -0.0153. The highest BCUT2D eigenvalue weighted by Gasteiger charge is 2.39. The highest BCUT2D eigenvalue weighted by molar-refractivity contribution is 5.80. The number of ether oxygens (including phenoxy) is 1. The molecule has 0 aromatic heterocycles. The molecule has 0 radical (unpaired) electrons. The van der Waals surface area contributed by atoms with Crippen molar-refractivity contribution in [2.75, 3.05) is 20.2 Å². The fourth-order valence-corrected chi connectivity index (χ4v) is 4.05. The minimum absolute atomic E-state index is 0.0234. The van der Waals surface area contributed by atoms with Crippen LogP contribution in [-0.4, -0.2) is 42.5 Å². The Bertz CT molecular complexity index is 720. The van der Waals surface area contributed by atoms with E-state index in [1.165, 1.54) is 26.0 Å². The molecular weight excluding hydrogens is 359 g/mol.